The number of rotatable bonds is 7. The summed E-state index contributed by atoms with van der Waals surface area (Å²) in [5.74, 6) is 0.970. The molecule has 3 heteroatoms. The van der Waals surface area contributed by atoms with Crippen LogP contribution in [0, 0.1) is 0 Å². The van der Waals surface area contributed by atoms with Gasteiger partial charge in [-0.3, -0.25) is 0 Å². The number of para-hydroxylation sites is 3. The molecule has 2 aliphatic carbocycles. The van der Waals surface area contributed by atoms with Crippen LogP contribution < -0.4 is 9.80 Å². The lowest BCUT2D eigenvalue weighted by atomic mass is 9.73. The molecule has 1 spiro atoms. The van der Waals surface area contributed by atoms with Gasteiger partial charge in [-0.2, -0.15) is 0 Å². The Morgan fingerprint density at radius 1 is 0.328 bits per heavy atom. The van der Waals surface area contributed by atoms with Crippen molar-refractivity contribution in [2.24, 2.45) is 0 Å². The number of anilines is 6. The quantitative estimate of drug-likeness (QED) is 0.160. The predicted octanol–water partition coefficient (Wildman–Crippen LogP) is 16.5. The SMILES string of the molecule is c1ccc(-c2cccc(N(c3ccccc3)c3ccc4c(c3)C3(c5ccccc5-4)c4cc(N(c5ccccc5)c5cccc6ccccc56)ccc4-c4c3oc3ccccc43)c2)cc1. The van der Waals surface area contributed by atoms with Gasteiger partial charge < -0.3 is 14.2 Å². The summed E-state index contributed by atoms with van der Waals surface area (Å²) in [5, 5.41) is 3.52. The summed E-state index contributed by atoms with van der Waals surface area (Å²) in [4.78, 5) is 4.82. The van der Waals surface area contributed by atoms with Crippen LogP contribution in [-0.4, -0.2) is 0 Å². The van der Waals surface area contributed by atoms with E-state index in [-0.39, 0.29) is 0 Å². The van der Waals surface area contributed by atoms with E-state index in [9.17, 15) is 0 Å². The molecular formula is C61H40N2O. The second-order valence-corrected chi connectivity index (χ2v) is 16.8. The van der Waals surface area contributed by atoms with Gasteiger partial charge in [0.25, 0.3) is 0 Å². The molecule has 0 fully saturated rings. The maximum Gasteiger partial charge on any atom is 0.135 e. The van der Waals surface area contributed by atoms with Gasteiger partial charge in [-0.25, -0.2) is 0 Å². The van der Waals surface area contributed by atoms with Gasteiger partial charge in [-0.1, -0.05) is 170 Å². The standard InChI is InChI=1S/C61H40N2O/c1-4-18-41(19-5-1)43-22-16-27-46(38-43)62(44-23-6-2-7-24-44)47-34-36-51-50-29-12-14-31-54(50)61(55(51)39-47)56-40-48(35-37-52(56)59-53-30-13-15-33-58(53)64-60(59)61)63(45-25-8-3-9-26-45)57-32-17-21-42-20-10-11-28-49(42)57/h1-40H. The highest BCUT2D eigenvalue weighted by Gasteiger charge is 2.55. The van der Waals surface area contributed by atoms with E-state index < -0.39 is 5.41 Å². The van der Waals surface area contributed by atoms with E-state index in [4.69, 9.17) is 4.42 Å². The van der Waals surface area contributed by atoms with Gasteiger partial charge in [0.15, 0.2) is 0 Å². The molecule has 64 heavy (non-hydrogen) atoms. The van der Waals surface area contributed by atoms with Gasteiger partial charge in [0.1, 0.15) is 16.8 Å². The molecule has 0 N–H and O–H groups in total. The zero-order valence-corrected chi connectivity index (χ0v) is 34.9. The van der Waals surface area contributed by atoms with Gasteiger partial charge in [0.05, 0.1) is 5.69 Å². The maximum absolute atomic E-state index is 7.28. The molecule has 1 aromatic heterocycles. The zero-order chi connectivity index (χ0) is 42.2. The molecule has 1 atom stereocenters. The highest BCUT2D eigenvalue weighted by atomic mass is 16.3. The number of hydrogen-bond donors (Lipinski definition) is 0. The third kappa shape index (κ3) is 5.34. The summed E-state index contributed by atoms with van der Waals surface area (Å²) < 4.78 is 7.28. The van der Waals surface area contributed by atoms with Crippen molar-refractivity contribution < 1.29 is 4.42 Å². The molecule has 2 aliphatic rings. The zero-order valence-electron chi connectivity index (χ0n) is 34.9. The first kappa shape index (κ1) is 36.3. The van der Waals surface area contributed by atoms with Crippen molar-refractivity contribution in [1.82, 2.24) is 0 Å². The van der Waals surface area contributed by atoms with Crippen molar-refractivity contribution in [3.63, 3.8) is 0 Å². The fourth-order valence-corrected chi connectivity index (χ4v) is 10.7. The van der Waals surface area contributed by atoms with Crippen molar-refractivity contribution in [1.29, 1.82) is 0 Å². The van der Waals surface area contributed by atoms with Crippen LogP contribution in [0.2, 0.25) is 0 Å². The summed E-state index contributed by atoms with van der Waals surface area (Å²) >= 11 is 0. The third-order valence-corrected chi connectivity index (χ3v) is 13.4. The lowest BCUT2D eigenvalue weighted by molar-refractivity contribution is 0.507. The van der Waals surface area contributed by atoms with Gasteiger partial charge in [-0.05, 0) is 123 Å². The highest BCUT2D eigenvalue weighted by molar-refractivity contribution is 6.06. The van der Waals surface area contributed by atoms with E-state index in [2.05, 4.69) is 252 Å². The molecule has 13 rings (SSSR count). The molecule has 0 aliphatic heterocycles. The minimum atomic E-state index is -0.753. The predicted molar refractivity (Wildman–Crippen MR) is 265 cm³/mol. The van der Waals surface area contributed by atoms with E-state index in [1.807, 2.05) is 0 Å². The Morgan fingerprint density at radius 3 is 1.66 bits per heavy atom. The molecule has 1 heterocycles. The molecule has 0 saturated carbocycles. The Morgan fingerprint density at radius 2 is 0.859 bits per heavy atom. The fourth-order valence-electron chi connectivity index (χ4n) is 10.7. The number of benzene rings is 10. The van der Waals surface area contributed by atoms with E-state index in [1.54, 1.807) is 0 Å². The van der Waals surface area contributed by atoms with E-state index in [0.29, 0.717) is 0 Å². The van der Waals surface area contributed by atoms with E-state index >= 15 is 0 Å². The first-order valence-electron chi connectivity index (χ1n) is 22.0. The molecule has 3 nitrogen and oxygen atoms in total. The molecule has 0 bridgehead atoms. The lowest BCUT2D eigenvalue weighted by Gasteiger charge is -2.32. The number of hydrogen-bond acceptors (Lipinski definition) is 3. The molecular weight excluding hydrogens is 777 g/mol. The lowest BCUT2D eigenvalue weighted by Crippen LogP contribution is -2.26. The van der Waals surface area contributed by atoms with E-state index in [1.165, 1.54) is 55.3 Å². The fraction of sp³-hybridized carbons (Fsp3) is 0.0164. The number of fused-ring (bicyclic) bond motifs is 13. The van der Waals surface area contributed by atoms with E-state index in [0.717, 1.165) is 56.4 Å². The van der Waals surface area contributed by atoms with Gasteiger partial charge >= 0.3 is 0 Å². The first-order valence-corrected chi connectivity index (χ1v) is 22.0. The van der Waals surface area contributed by atoms with Crippen molar-refractivity contribution >= 4 is 55.9 Å². The highest BCUT2D eigenvalue weighted by Crippen LogP contribution is 2.65. The van der Waals surface area contributed by atoms with Crippen LogP contribution in [0.25, 0.3) is 55.1 Å². The normalized spacial score (nSPS) is 14.3. The molecule has 10 aromatic carbocycles. The van der Waals surface area contributed by atoms with Crippen LogP contribution >= 0.6 is 0 Å². The molecule has 0 saturated heterocycles. The Hall–Kier alpha value is -8.40. The van der Waals surface area contributed by atoms with Gasteiger partial charge in [0.2, 0.25) is 0 Å². The summed E-state index contributed by atoms with van der Waals surface area (Å²) in [6.07, 6.45) is 0. The van der Waals surface area contributed by atoms with Crippen molar-refractivity contribution in [3.05, 3.63) is 265 Å². The summed E-state index contributed by atoms with van der Waals surface area (Å²) in [6.45, 7) is 0. The Labute approximate surface area is 372 Å². The average Bonchev–Trinajstić information content (AvgIpc) is 3.99. The number of nitrogens with zero attached hydrogens (tertiary/aromatic N) is 2. The monoisotopic (exact) mass is 816 g/mol. The average molecular weight is 817 g/mol. The molecule has 0 amide bonds. The molecule has 1 unspecified atom stereocenters. The summed E-state index contributed by atoms with van der Waals surface area (Å²) in [5.41, 5.74) is 17.5. The first-order chi connectivity index (χ1) is 31.8. The third-order valence-electron chi connectivity index (χ3n) is 13.4. The van der Waals surface area contributed by atoms with Crippen molar-refractivity contribution in [2.45, 2.75) is 5.41 Å². The largest absolute Gasteiger partial charge is 0.459 e. The number of furan rings is 1. The van der Waals surface area contributed by atoms with Crippen molar-refractivity contribution in [2.75, 3.05) is 9.80 Å². The Bertz CT molecular complexity index is 3570. The summed E-state index contributed by atoms with van der Waals surface area (Å²) in [6, 6.07) is 88.0. The molecule has 11 aromatic rings. The van der Waals surface area contributed by atoms with Crippen LogP contribution in [0.5, 0.6) is 0 Å². The Kier molecular flexibility index (Phi) is 8.13. The van der Waals surface area contributed by atoms with Crippen LogP contribution in [0.4, 0.5) is 34.1 Å². The van der Waals surface area contributed by atoms with Crippen LogP contribution in [0.3, 0.4) is 0 Å². The minimum absolute atomic E-state index is 0.753. The van der Waals surface area contributed by atoms with Crippen molar-refractivity contribution in [3.8, 4) is 33.4 Å². The second-order valence-electron chi connectivity index (χ2n) is 16.8. The van der Waals surface area contributed by atoms with Crippen LogP contribution in [0.1, 0.15) is 22.5 Å². The van der Waals surface area contributed by atoms with Crippen LogP contribution in [0.15, 0.2) is 247 Å². The van der Waals surface area contributed by atoms with Gasteiger partial charge in [0, 0.05) is 44.8 Å². The second kappa shape index (κ2) is 14.3. The minimum Gasteiger partial charge on any atom is -0.459 e. The Balaban J connectivity index is 1.09. The van der Waals surface area contributed by atoms with Crippen LogP contribution in [-0.2, 0) is 5.41 Å². The molecule has 0 radical (unpaired) electrons. The summed E-state index contributed by atoms with van der Waals surface area (Å²) in [7, 11) is 0. The smallest absolute Gasteiger partial charge is 0.135 e. The topological polar surface area (TPSA) is 19.6 Å². The maximum atomic E-state index is 7.28. The van der Waals surface area contributed by atoms with Gasteiger partial charge in [-0.15, -0.1) is 0 Å². The molecule has 300 valence electrons.